The Morgan fingerprint density at radius 2 is 2.03 bits per heavy atom. The molecule has 2 aromatic heterocycles. The number of ether oxygens (including phenoxy) is 1. The second kappa shape index (κ2) is 9.38. The van der Waals surface area contributed by atoms with Gasteiger partial charge < -0.3 is 14.1 Å². The number of carbonyl (C=O) groups is 1. The fourth-order valence-electron chi connectivity index (χ4n) is 4.15. The fourth-order valence-corrected chi connectivity index (χ4v) is 4.15. The standard InChI is InChI=1S/C24H28N4O4/c1-16-11-17(2)28(24(30)26-16)15-22(29)27-10-4-5-19(14-27)23-25-13-21(32-23)12-18-6-8-20(31-3)9-7-18/h6-9,11,13,19H,4-5,10,12,14-15H2,1-3H3. The van der Waals surface area contributed by atoms with Gasteiger partial charge in [-0.05, 0) is 50.5 Å². The largest absolute Gasteiger partial charge is 0.497 e. The van der Waals surface area contributed by atoms with Crippen molar-refractivity contribution in [2.75, 3.05) is 20.2 Å². The third kappa shape index (κ3) is 4.90. The highest BCUT2D eigenvalue weighted by Crippen LogP contribution is 2.27. The van der Waals surface area contributed by atoms with Gasteiger partial charge in [0, 0.05) is 30.9 Å². The molecule has 0 saturated carbocycles. The number of amides is 1. The molecular formula is C24H28N4O4. The molecule has 1 aliphatic heterocycles. The molecule has 3 aromatic rings. The van der Waals surface area contributed by atoms with Crippen LogP contribution in [0, 0.1) is 13.8 Å². The van der Waals surface area contributed by atoms with Gasteiger partial charge in [-0.2, -0.15) is 4.98 Å². The Kier molecular flexibility index (Phi) is 6.39. The summed E-state index contributed by atoms with van der Waals surface area (Å²) in [4.78, 5) is 35.3. The van der Waals surface area contributed by atoms with Crippen LogP contribution < -0.4 is 10.4 Å². The van der Waals surface area contributed by atoms with Gasteiger partial charge in [-0.3, -0.25) is 9.36 Å². The van der Waals surface area contributed by atoms with Crippen molar-refractivity contribution in [3.05, 3.63) is 75.6 Å². The molecule has 1 aliphatic rings. The summed E-state index contributed by atoms with van der Waals surface area (Å²) < 4.78 is 12.7. The third-order valence-corrected chi connectivity index (χ3v) is 5.87. The summed E-state index contributed by atoms with van der Waals surface area (Å²) in [6, 6.07) is 9.67. The Balaban J connectivity index is 1.40. The number of hydrogen-bond acceptors (Lipinski definition) is 6. The lowest BCUT2D eigenvalue weighted by Crippen LogP contribution is -2.42. The Labute approximate surface area is 186 Å². The number of piperidine rings is 1. The van der Waals surface area contributed by atoms with E-state index in [0.29, 0.717) is 31.1 Å². The smallest absolute Gasteiger partial charge is 0.348 e. The SMILES string of the molecule is COc1ccc(Cc2cnc(C3CCCN(C(=O)Cn4c(C)cc(C)nc4=O)C3)o2)cc1. The van der Waals surface area contributed by atoms with Crippen molar-refractivity contribution < 1.29 is 13.9 Å². The zero-order valence-electron chi connectivity index (χ0n) is 18.7. The van der Waals surface area contributed by atoms with Gasteiger partial charge in [-0.25, -0.2) is 9.78 Å². The first-order valence-electron chi connectivity index (χ1n) is 10.8. The van der Waals surface area contributed by atoms with E-state index < -0.39 is 0 Å². The van der Waals surface area contributed by atoms with E-state index in [-0.39, 0.29) is 24.1 Å². The molecule has 1 aromatic carbocycles. The molecule has 0 radical (unpaired) electrons. The number of carbonyl (C=O) groups excluding carboxylic acids is 1. The van der Waals surface area contributed by atoms with Crippen LogP contribution in [0.15, 0.2) is 45.7 Å². The Morgan fingerprint density at radius 3 is 2.75 bits per heavy atom. The van der Waals surface area contributed by atoms with Crippen molar-refractivity contribution in [2.24, 2.45) is 0 Å². The molecule has 1 saturated heterocycles. The highest BCUT2D eigenvalue weighted by Gasteiger charge is 2.28. The van der Waals surface area contributed by atoms with E-state index in [1.165, 1.54) is 4.57 Å². The van der Waals surface area contributed by atoms with Crippen molar-refractivity contribution in [1.82, 2.24) is 19.4 Å². The van der Waals surface area contributed by atoms with E-state index in [9.17, 15) is 9.59 Å². The van der Waals surface area contributed by atoms with E-state index in [0.717, 1.165) is 35.6 Å². The lowest BCUT2D eigenvalue weighted by molar-refractivity contribution is -0.133. The molecule has 32 heavy (non-hydrogen) atoms. The van der Waals surface area contributed by atoms with Crippen LogP contribution in [-0.4, -0.2) is 45.5 Å². The number of aromatic nitrogens is 3. The van der Waals surface area contributed by atoms with Crippen molar-refractivity contribution >= 4 is 5.91 Å². The fraction of sp³-hybridized carbons (Fsp3) is 0.417. The molecule has 4 rings (SSSR count). The normalized spacial score (nSPS) is 16.2. The Bertz CT molecular complexity index is 1150. The van der Waals surface area contributed by atoms with E-state index in [2.05, 4.69) is 9.97 Å². The quantitative estimate of drug-likeness (QED) is 0.590. The summed E-state index contributed by atoms with van der Waals surface area (Å²) in [6.45, 7) is 4.80. The minimum atomic E-state index is -0.389. The van der Waals surface area contributed by atoms with Crippen molar-refractivity contribution in [3.63, 3.8) is 0 Å². The molecule has 1 unspecified atom stereocenters. The summed E-state index contributed by atoms with van der Waals surface area (Å²) >= 11 is 0. The summed E-state index contributed by atoms with van der Waals surface area (Å²) in [5, 5.41) is 0. The predicted octanol–water partition coefficient (Wildman–Crippen LogP) is 2.85. The van der Waals surface area contributed by atoms with Gasteiger partial charge in [0.05, 0.1) is 19.2 Å². The number of nitrogens with zero attached hydrogens (tertiary/aromatic N) is 4. The van der Waals surface area contributed by atoms with Crippen LogP contribution in [0.1, 0.15) is 47.4 Å². The molecule has 0 spiro atoms. The molecule has 8 heteroatoms. The van der Waals surface area contributed by atoms with Crippen LogP contribution in [0.25, 0.3) is 0 Å². The average molecular weight is 437 g/mol. The van der Waals surface area contributed by atoms with E-state index in [1.807, 2.05) is 37.3 Å². The van der Waals surface area contributed by atoms with Crippen LogP contribution in [0.4, 0.5) is 0 Å². The number of benzene rings is 1. The molecular weight excluding hydrogens is 408 g/mol. The van der Waals surface area contributed by atoms with Crippen LogP contribution >= 0.6 is 0 Å². The van der Waals surface area contributed by atoms with E-state index in [4.69, 9.17) is 9.15 Å². The van der Waals surface area contributed by atoms with Crippen molar-refractivity contribution in [3.8, 4) is 5.75 Å². The van der Waals surface area contributed by atoms with Crippen molar-refractivity contribution in [1.29, 1.82) is 0 Å². The highest BCUT2D eigenvalue weighted by atomic mass is 16.5. The molecule has 1 fully saturated rings. The lowest BCUT2D eigenvalue weighted by Gasteiger charge is -2.31. The van der Waals surface area contributed by atoms with Gasteiger partial charge in [0.25, 0.3) is 0 Å². The monoisotopic (exact) mass is 436 g/mol. The number of oxazole rings is 1. The third-order valence-electron chi connectivity index (χ3n) is 5.87. The van der Waals surface area contributed by atoms with E-state index >= 15 is 0 Å². The summed E-state index contributed by atoms with van der Waals surface area (Å²) in [5.74, 6) is 2.23. The predicted molar refractivity (Wildman–Crippen MR) is 119 cm³/mol. The number of methoxy groups -OCH3 is 1. The van der Waals surface area contributed by atoms with Crippen LogP contribution in [0.2, 0.25) is 0 Å². The Hall–Kier alpha value is -3.42. The number of aryl methyl sites for hydroxylation is 2. The van der Waals surface area contributed by atoms with Crippen LogP contribution in [0.3, 0.4) is 0 Å². The van der Waals surface area contributed by atoms with Gasteiger partial charge in [0.15, 0.2) is 5.89 Å². The number of likely N-dealkylation sites (tertiary alicyclic amines) is 1. The minimum Gasteiger partial charge on any atom is -0.497 e. The molecule has 1 amide bonds. The maximum absolute atomic E-state index is 12.9. The van der Waals surface area contributed by atoms with Gasteiger partial charge in [-0.15, -0.1) is 0 Å². The zero-order chi connectivity index (χ0) is 22.7. The number of rotatable bonds is 6. The van der Waals surface area contributed by atoms with E-state index in [1.54, 1.807) is 25.1 Å². The molecule has 0 N–H and O–H groups in total. The lowest BCUT2D eigenvalue weighted by atomic mass is 9.98. The molecule has 0 aliphatic carbocycles. The van der Waals surface area contributed by atoms with Gasteiger partial charge in [0.2, 0.25) is 5.91 Å². The van der Waals surface area contributed by atoms with Crippen molar-refractivity contribution in [2.45, 2.75) is 45.6 Å². The first kappa shape index (κ1) is 21.8. The van der Waals surface area contributed by atoms with Gasteiger partial charge in [0.1, 0.15) is 18.1 Å². The number of hydrogen-bond donors (Lipinski definition) is 0. The van der Waals surface area contributed by atoms with Gasteiger partial charge >= 0.3 is 5.69 Å². The first-order valence-corrected chi connectivity index (χ1v) is 10.8. The molecule has 3 heterocycles. The maximum Gasteiger partial charge on any atom is 0.348 e. The van der Waals surface area contributed by atoms with Crippen LogP contribution in [-0.2, 0) is 17.8 Å². The molecule has 168 valence electrons. The summed E-state index contributed by atoms with van der Waals surface area (Å²) in [6.07, 6.45) is 4.19. The highest BCUT2D eigenvalue weighted by molar-refractivity contribution is 5.76. The first-order chi connectivity index (χ1) is 15.4. The second-order valence-electron chi connectivity index (χ2n) is 8.28. The van der Waals surface area contributed by atoms with Gasteiger partial charge in [-0.1, -0.05) is 12.1 Å². The summed E-state index contributed by atoms with van der Waals surface area (Å²) in [5.41, 5.74) is 2.12. The topological polar surface area (TPSA) is 90.5 Å². The Morgan fingerprint density at radius 1 is 1.25 bits per heavy atom. The van der Waals surface area contributed by atoms with Crippen LogP contribution in [0.5, 0.6) is 5.75 Å². The summed E-state index contributed by atoms with van der Waals surface area (Å²) in [7, 11) is 1.65. The second-order valence-corrected chi connectivity index (χ2v) is 8.28. The molecule has 0 bridgehead atoms. The average Bonchev–Trinajstić information content (AvgIpc) is 3.25. The molecule has 8 nitrogen and oxygen atoms in total. The molecule has 1 atom stereocenters. The zero-order valence-corrected chi connectivity index (χ0v) is 18.7. The maximum atomic E-state index is 12.9. The minimum absolute atomic E-state index is 0.00102.